The molecule has 1 N–H and O–H groups in total. The van der Waals surface area contributed by atoms with Gasteiger partial charge in [0.05, 0.1) is 19.3 Å². The molecule has 20 heavy (non-hydrogen) atoms. The average Bonchev–Trinajstić information content (AvgIpc) is 2.46. The number of rotatable bonds is 11. The quantitative estimate of drug-likeness (QED) is 0.586. The molecule has 0 heterocycles. The fourth-order valence-corrected chi connectivity index (χ4v) is 3.13. The summed E-state index contributed by atoms with van der Waals surface area (Å²) in [6.45, 7) is 10.1. The molecule has 1 aliphatic carbocycles. The second-order valence-corrected chi connectivity index (χ2v) is 6.05. The van der Waals surface area contributed by atoms with Crippen LogP contribution in [0.5, 0.6) is 0 Å². The van der Waals surface area contributed by atoms with Gasteiger partial charge in [0.25, 0.3) is 0 Å². The van der Waals surface area contributed by atoms with Crippen molar-refractivity contribution in [3.63, 3.8) is 0 Å². The van der Waals surface area contributed by atoms with Crippen molar-refractivity contribution in [3.05, 3.63) is 0 Å². The normalized spacial score (nSPS) is 26.9. The van der Waals surface area contributed by atoms with E-state index in [0.29, 0.717) is 12.1 Å². The monoisotopic (exact) mass is 285 g/mol. The van der Waals surface area contributed by atoms with Gasteiger partial charge in [0.2, 0.25) is 0 Å². The molecule has 1 fully saturated rings. The second kappa shape index (κ2) is 11.5. The summed E-state index contributed by atoms with van der Waals surface area (Å²) >= 11 is 0. The van der Waals surface area contributed by atoms with Crippen molar-refractivity contribution < 1.29 is 9.47 Å². The van der Waals surface area contributed by atoms with E-state index >= 15 is 0 Å². The molecule has 0 spiro atoms. The predicted molar refractivity (Wildman–Crippen MR) is 85.2 cm³/mol. The molecule has 3 unspecified atom stereocenters. The third-order valence-corrected chi connectivity index (χ3v) is 4.16. The lowest BCUT2D eigenvalue weighted by Gasteiger charge is -2.36. The molecule has 3 atom stereocenters. The summed E-state index contributed by atoms with van der Waals surface area (Å²) in [5.41, 5.74) is 0. The Kier molecular flexibility index (Phi) is 10.3. The Hall–Kier alpha value is -0.120. The van der Waals surface area contributed by atoms with Crippen LogP contribution in [-0.2, 0) is 9.47 Å². The highest BCUT2D eigenvalue weighted by atomic mass is 16.5. The van der Waals surface area contributed by atoms with Gasteiger partial charge in [-0.3, -0.25) is 0 Å². The standard InChI is InChI=1S/C17H35NO2/c1-4-7-15-8-9-16(18-10-5-2)17(14-15)20-13-12-19-11-6-3/h15-18H,4-14H2,1-3H3. The number of hydrogen-bond donors (Lipinski definition) is 1. The van der Waals surface area contributed by atoms with Crippen molar-refractivity contribution in [1.82, 2.24) is 5.32 Å². The lowest BCUT2D eigenvalue weighted by Crippen LogP contribution is -2.46. The van der Waals surface area contributed by atoms with E-state index in [9.17, 15) is 0 Å². The first kappa shape index (κ1) is 17.9. The summed E-state index contributed by atoms with van der Waals surface area (Å²) in [5.74, 6) is 0.862. The summed E-state index contributed by atoms with van der Waals surface area (Å²) in [4.78, 5) is 0. The highest BCUT2D eigenvalue weighted by Gasteiger charge is 2.30. The first-order valence-corrected chi connectivity index (χ1v) is 8.74. The fraction of sp³-hybridized carbons (Fsp3) is 1.00. The van der Waals surface area contributed by atoms with E-state index in [4.69, 9.17) is 9.47 Å². The van der Waals surface area contributed by atoms with Gasteiger partial charge >= 0.3 is 0 Å². The Morgan fingerprint density at radius 2 is 1.80 bits per heavy atom. The summed E-state index contributed by atoms with van der Waals surface area (Å²) in [5, 5.41) is 3.67. The maximum Gasteiger partial charge on any atom is 0.0731 e. The molecule has 3 heteroatoms. The topological polar surface area (TPSA) is 30.5 Å². The van der Waals surface area contributed by atoms with Crippen LogP contribution >= 0.6 is 0 Å². The largest absolute Gasteiger partial charge is 0.379 e. The van der Waals surface area contributed by atoms with Gasteiger partial charge in [-0.05, 0) is 44.6 Å². The lowest BCUT2D eigenvalue weighted by atomic mass is 9.81. The second-order valence-electron chi connectivity index (χ2n) is 6.05. The van der Waals surface area contributed by atoms with Crippen molar-refractivity contribution in [3.8, 4) is 0 Å². The maximum absolute atomic E-state index is 6.13. The van der Waals surface area contributed by atoms with Crippen LogP contribution in [0.25, 0.3) is 0 Å². The Labute approximate surface area is 125 Å². The first-order valence-electron chi connectivity index (χ1n) is 8.74. The molecule has 0 amide bonds. The predicted octanol–water partition coefficient (Wildman–Crippen LogP) is 3.77. The highest BCUT2D eigenvalue weighted by molar-refractivity contribution is 4.85. The van der Waals surface area contributed by atoms with Crippen LogP contribution in [0.3, 0.4) is 0 Å². The van der Waals surface area contributed by atoms with Crippen molar-refractivity contribution in [2.45, 2.75) is 77.9 Å². The van der Waals surface area contributed by atoms with Crippen molar-refractivity contribution in [2.24, 2.45) is 5.92 Å². The lowest BCUT2D eigenvalue weighted by molar-refractivity contribution is -0.0367. The Balaban J connectivity index is 2.32. The summed E-state index contributed by atoms with van der Waals surface area (Å²) in [6, 6.07) is 0.550. The molecule has 0 aromatic heterocycles. The molecule has 3 nitrogen and oxygen atoms in total. The SMILES string of the molecule is CCCNC1CCC(CCC)CC1OCCOCCC. The van der Waals surface area contributed by atoms with E-state index < -0.39 is 0 Å². The van der Waals surface area contributed by atoms with Crippen LogP contribution in [-0.4, -0.2) is 38.5 Å². The first-order chi connectivity index (χ1) is 9.81. The number of ether oxygens (including phenoxy) is 2. The van der Waals surface area contributed by atoms with Crippen molar-refractivity contribution >= 4 is 0 Å². The van der Waals surface area contributed by atoms with E-state index in [1.807, 2.05) is 0 Å². The molecular weight excluding hydrogens is 250 g/mol. The Bertz CT molecular complexity index is 223. The zero-order valence-electron chi connectivity index (χ0n) is 13.8. The zero-order chi connectivity index (χ0) is 14.6. The minimum Gasteiger partial charge on any atom is -0.379 e. The number of hydrogen-bond acceptors (Lipinski definition) is 3. The molecule has 0 saturated heterocycles. The van der Waals surface area contributed by atoms with E-state index in [0.717, 1.165) is 38.7 Å². The van der Waals surface area contributed by atoms with E-state index in [-0.39, 0.29) is 0 Å². The fourth-order valence-electron chi connectivity index (χ4n) is 3.13. The number of nitrogens with one attached hydrogen (secondary N) is 1. The molecule has 0 aliphatic heterocycles. The third kappa shape index (κ3) is 7.05. The highest BCUT2D eigenvalue weighted by Crippen LogP contribution is 2.30. The molecule has 0 radical (unpaired) electrons. The van der Waals surface area contributed by atoms with Crippen LogP contribution in [0.4, 0.5) is 0 Å². The molecule has 1 saturated carbocycles. The average molecular weight is 285 g/mol. The van der Waals surface area contributed by atoms with Gasteiger partial charge < -0.3 is 14.8 Å². The Morgan fingerprint density at radius 1 is 0.950 bits per heavy atom. The van der Waals surface area contributed by atoms with E-state index in [1.54, 1.807) is 0 Å². The molecule has 0 aromatic carbocycles. The van der Waals surface area contributed by atoms with Gasteiger partial charge in [-0.2, -0.15) is 0 Å². The minimum absolute atomic E-state index is 0.386. The molecule has 0 aromatic rings. The molecule has 1 aliphatic rings. The van der Waals surface area contributed by atoms with Gasteiger partial charge in [-0.25, -0.2) is 0 Å². The minimum atomic E-state index is 0.386. The van der Waals surface area contributed by atoms with Crippen LogP contribution in [0.15, 0.2) is 0 Å². The van der Waals surface area contributed by atoms with Crippen LogP contribution in [0.2, 0.25) is 0 Å². The van der Waals surface area contributed by atoms with E-state index in [2.05, 4.69) is 26.1 Å². The van der Waals surface area contributed by atoms with Gasteiger partial charge in [-0.1, -0.05) is 33.6 Å². The smallest absolute Gasteiger partial charge is 0.0731 e. The zero-order valence-corrected chi connectivity index (χ0v) is 13.8. The van der Waals surface area contributed by atoms with Crippen LogP contribution < -0.4 is 5.32 Å². The van der Waals surface area contributed by atoms with Gasteiger partial charge in [-0.15, -0.1) is 0 Å². The Morgan fingerprint density at radius 3 is 2.50 bits per heavy atom. The molecular formula is C17H35NO2. The third-order valence-electron chi connectivity index (χ3n) is 4.16. The van der Waals surface area contributed by atoms with Crippen molar-refractivity contribution in [2.75, 3.05) is 26.4 Å². The van der Waals surface area contributed by atoms with Crippen LogP contribution in [0.1, 0.15) is 65.7 Å². The summed E-state index contributed by atoms with van der Waals surface area (Å²) < 4.78 is 11.6. The van der Waals surface area contributed by atoms with Crippen LogP contribution in [0, 0.1) is 5.92 Å². The maximum atomic E-state index is 6.13. The molecule has 1 rings (SSSR count). The van der Waals surface area contributed by atoms with E-state index in [1.165, 1.54) is 38.5 Å². The van der Waals surface area contributed by atoms with Gasteiger partial charge in [0.1, 0.15) is 0 Å². The summed E-state index contributed by atoms with van der Waals surface area (Å²) in [7, 11) is 0. The van der Waals surface area contributed by atoms with Gasteiger partial charge in [0.15, 0.2) is 0 Å². The van der Waals surface area contributed by atoms with Crippen molar-refractivity contribution in [1.29, 1.82) is 0 Å². The molecule has 120 valence electrons. The summed E-state index contributed by atoms with van der Waals surface area (Å²) in [6.07, 6.45) is 9.17. The molecule has 0 bridgehead atoms. The van der Waals surface area contributed by atoms with Gasteiger partial charge in [0, 0.05) is 12.6 Å².